The van der Waals surface area contributed by atoms with E-state index in [2.05, 4.69) is 10.3 Å². The molecule has 0 bridgehead atoms. The first-order chi connectivity index (χ1) is 13.6. The molecule has 0 saturated carbocycles. The van der Waals surface area contributed by atoms with Gasteiger partial charge in [-0.3, -0.25) is 4.79 Å². The van der Waals surface area contributed by atoms with E-state index in [-0.39, 0.29) is 18.1 Å². The average molecular weight is 383 g/mol. The van der Waals surface area contributed by atoms with E-state index < -0.39 is 5.82 Å². The van der Waals surface area contributed by atoms with E-state index in [0.717, 1.165) is 0 Å². The molecular weight excluding hydrogens is 365 g/mol. The second-order valence-electron chi connectivity index (χ2n) is 6.75. The largest absolute Gasteiger partial charge is 0.424 e. The number of oxazole rings is 1. The van der Waals surface area contributed by atoms with Crippen molar-refractivity contribution in [2.24, 2.45) is 0 Å². The second-order valence-corrected chi connectivity index (χ2v) is 6.75. The zero-order valence-electron chi connectivity index (χ0n) is 14.9. The van der Waals surface area contributed by atoms with E-state index in [1.165, 1.54) is 6.07 Å². The molecule has 1 fully saturated rings. The normalized spacial score (nSPS) is 21.4. The lowest BCUT2D eigenvalue weighted by atomic mass is 10.0. The third kappa shape index (κ3) is 2.71. The highest BCUT2D eigenvalue weighted by atomic mass is 19.1. The monoisotopic (exact) mass is 383 g/mol. The van der Waals surface area contributed by atoms with Crippen LogP contribution in [0.15, 0.2) is 46.8 Å². The third-order valence-corrected chi connectivity index (χ3v) is 5.03. The van der Waals surface area contributed by atoms with Gasteiger partial charge >= 0.3 is 0 Å². The van der Waals surface area contributed by atoms with Crippen molar-refractivity contribution in [3.8, 4) is 0 Å². The highest BCUT2D eigenvalue weighted by molar-refractivity contribution is 5.94. The summed E-state index contributed by atoms with van der Waals surface area (Å²) in [5, 5.41) is 3.16. The number of benzene rings is 1. The molecule has 2 aromatic rings. The fourth-order valence-electron chi connectivity index (χ4n) is 3.60. The van der Waals surface area contributed by atoms with Crippen LogP contribution in [0, 0.1) is 5.82 Å². The summed E-state index contributed by atoms with van der Waals surface area (Å²) in [6.07, 6.45) is 6.98. The SMILES string of the molecule is Nc1nc2cc(C3=CN4C(C(=O)N5CCOCC5)=CNC4C=C3)c(F)cc2o1. The van der Waals surface area contributed by atoms with Gasteiger partial charge in [0.05, 0.1) is 13.2 Å². The lowest BCUT2D eigenvalue weighted by molar-refractivity contribution is -0.132. The molecule has 0 spiro atoms. The van der Waals surface area contributed by atoms with E-state index in [4.69, 9.17) is 14.9 Å². The van der Waals surface area contributed by atoms with Crippen molar-refractivity contribution in [2.75, 3.05) is 32.0 Å². The van der Waals surface area contributed by atoms with E-state index >= 15 is 0 Å². The number of morpholine rings is 1. The van der Waals surface area contributed by atoms with Gasteiger partial charge in [-0.05, 0) is 12.1 Å². The van der Waals surface area contributed by atoms with Crippen molar-refractivity contribution in [1.29, 1.82) is 0 Å². The van der Waals surface area contributed by atoms with Crippen LogP contribution in [-0.4, -0.2) is 53.2 Å². The number of anilines is 1. The van der Waals surface area contributed by atoms with Gasteiger partial charge in [-0.25, -0.2) is 4.39 Å². The number of nitrogen functional groups attached to an aromatic ring is 1. The number of amides is 1. The number of nitrogens with two attached hydrogens (primary N) is 1. The van der Waals surface area contributed by atoms with E-state index in [9.17, 15) is 9.18 Å². The van der Waals surface area contributed by atoms with Crippen LogP contribution in [0.2, 0.25) is 0 Å². The molecule has 3 aliphatic heterocycles. The quantitative estimate of drug-likeness (QED) is 0.809. The number of carbonyl (C=O) groups is 1. The van der Waals surface area contributed by atoms with Crippen LogP contribution >= 0.6 is 0 Å². The Morgan fingerprint density at radius 1 is 1.32 bits per heavy atom. The molecule has 3 aliphatic rings. The van der Waals surface area contributed by atoms with Crippen molar-refractivity contribution in [1.82, 2.24) is 20.1 Å². The van der Waals surface area contributed by atoms with Gasteiger partial charge in [-0.15, -0.1) is 0 Å². The Bertz CT molecular complexity index is 1050. The first-order valence-corrected chi connectivity index (χ1v) is 8.98. The summed E-state index contributed by atoms with van der Waals surface area (Å²) >= 11 is 0. The first-order valence-electron chi connectivity index (χ1n) is 8.98. The molecular formula is C19H18FN5O3. The smallest absolute Gasteiger partial charge is 0.292 e. The molecule has 4 heterocycles. The van der Waals surface area contributed by atoms with Gasteiger partial charge in [0.2, 0.25) is 0 Å². The fourth-order valence-corrected chi connectivity index (χ4v) is 3.60. The molecule has 1 amide bonds. The molecule has 9 heteroatoms. The molecule has 0 radical (unpaired) electrons. The predicted octanol–water partition coefficient (Wildman–Crippen LogP) is 1.39. The van der Waals surface area contributed by atoms with Gasteiger partial charge < -0.3 is 30.0 Å². The Labute approximate surface area is 159 Å². The Morgan fingerprint density at radius 2 is 2.14 bits per heavy atom. The molecule has 144 valence electrons. The number of aromatic nitrogens is 1. The zero-order valence-corrected chi connectivity index (χ0v) is 14.9. The van der Waals surface area contributed by atoms with Crippen LogP contribution in [0.1, 0.15) is 5.56 Å². The van der Waals surface area contributed by atoms with Crippen molar-refractivity contribution in [2.45, 2.75) is 6.17 Å². The molecule has 3 N–H and O–H groups in total. The molecule has 1 aromatic heterocycles. The molecule has 1 unspecified atom stereocenters. The number of halogens is 1. The summed E-state index contributed by atoms with van der Waals surface area (Å²) in [5.74, 6) is -0.528. The lowest BCUT2D eigenvalue weighted by Gasteiger charge is -2.31. The molecule has 0 aliphatic carbocycles. The summed E-state index contributed by atoms with van der Waals surface area (Å²) in [6.45, 7) is 2.17. The zero-order chi connectivity index (χ0) is 19.3. The number of nitrogens with one attached hydrogen (secondary N) is 1. The van der Waals surface area contributed by atoms with Crippen LogP contribution in [0.5, 0.6) is 0 Å². The Kier molecular flexibility index (Phi) is 3.83. The van der Waals surface area contributed by atoms with Gasteiger partial charge in [-0.2, -0.15) is 4.98 Å². The van der Waals surface area contributed by atoms with Crippen molar-refractivity contribution < 1.29 is 18.3 Å². The summed E-state index contributed by atoms with van der Waals surface area (Å²) in [7, 11) is 0. The average Bonchev–Trinajstić information content (AvgIpc) is 3.29. The number of fused-ring (bicyclic) bond motifs is 2. The number of hydrogen-bond acceptors (Lipinski definition) is 7. The number of allylic oxidation sites excluding steroid dienone is 2. The van der Waals surface area contributed by atoms with Crippen molar-refractivity contribution in [3.63, 3.8) is 0 Å². The number of rotatable bonds is 2. The van der Waals surface area contributed by atoms with Crippen molar-refractivity contribution >= 4 is 28.6 Å². The Balaban J connectivity index is 1.47. The molecule has 1 atom stereocenters. The lowest BCUT2D eigenvalue weighted by Crippen LogP contribution is -2.44. The maximum absolute atomic E-state index is 14.7. The first kappa shape index (κ1) is 16.8. The number of nitrogens with zero attached hydrogens (tertiary/aromatic N) is 3. The maximum atomic E-state index is 14.7. The van der Waals surface area contributed by atoms with Crippen molar-refractivity contribution in [3.05, 3.63) is 53.8 Å². The summed E-state index contributed by atoms with van der Waals surface area (Å²) < 4.78 is 25.2. The molecule has 5 rings (SSSR count). The van der Waals surface area contributed by atoms with Crippen LogP contribution in [0.4, 0.5) is 10.4 Å². The molecule has 8 nitrogen and oxygen atoms in total. The predicted molar refractivity (Wildman–Crippen MR) is 99.7 cm³/mol. The van der Waals surface area contributed by atoms with Gasteiger partial charge in [0.1, 0.15) is 23.2 Å². The maximum Gasteiger partial charge on any atom is 0.292 e. The van der Waals surface area contributed by atoms with E-state index in [1.807, 2.05) is 17.1 Å². The van der Waals surface area contributed by atoms with Crippen LogP contribution < -0.4 is 11.1 Å². The summed E-state index contributed by atoms with van der Waals surface area (Å²) in [4.78, 5) is 20.5. The van der Waals surface area contributed by atoms with E-state index in [1.54, 1.807) is 23.4 Å². The summed E-state index contributed by atoms with van der Waals surface area (Å²) in [5.41, 5.74) is 7.83. The Morgan fingerprint density at radius 3 is 2.96 bits per heavy atom. The highest BCUT2D eigenvalue weighted by Crippen LogP contribution is 2.31. The minimum absolute atomic E-state index is 0.00940. The molecule has 1 aromatic carbocycles. The topological polar surface area (TPSA) is 96.9 Å². The van der Waals surface area contributed by atoms with Crippen LogP contribution in [0.25, 0.3) is 16.7 Å². The second kappa shape index (κ2) is 6.38. The standard InChI is InChI=1S/C19H18FN5O3/c20-13-8-16-14(23-19(21)28-16)7-12(13)11-1-2-17-22-9-15(25(17)10-11)18(26)24-3-5-27-6-4-24/h1-2,7-10,17,22H,3-6H2,(H2,21,23). The highest BCUT2D eigenvalue weighted by Gasteiger charge is 2.33. The Hall–Kier alpha value is -3.33. The number of hydrogen-bond donors (Lipinski definition) is 2. The van der Waals surface area contributed by atoms with Gasteiger partial charge in [0.15, 0.2) is 5.58 Å². The van der Waals surface area contributed by atoms with Gasteiger partial charge in [0.25, 0.3) is 11.9 Å². The van der Waals surface area contributed by atoms with Crippen LogP contribution in [0.3, 0.4) is 0 Å². The number of ether oxygens (including phenoxy) is 1. The number of carbonyl (C=O) groups excluding carboxylic acids is 1. The van der Waals surface area contributed by atoms with E-state index in [0.29, 0.717) is 54.2 Å². The third-order valence-electron chi connectivity index (χ3n) is 5.03. The fraction of sp³-hybridized carbons (Fsp3) is 0.263. The molecule has 28 heavy (non-hydrogen) atoms. The van der Waals surface area contributed by atoms with Crippen LogP contribution in [-0.2, 0) is 9.53 Å². The van der Waals surface area contributed by atoms with Gasteiger partial charge in [-0.1, -0.05) is 6.08 Å². The minimum Gasteiger partial charge on any atom is -0.424 e. The molecule has 1 saturated heterocycles. The summed E-state index contributed by atoms with van der Waals surface area (Å²) in [6, 6.07) is 2.86. The minimum atomic E-state index is -0.449. The van der Waals surface area contributed by atoms with Gasteiger partial charge in [0, 0.05) is 42.7 Å².